The maximum absolute atomic E-state index is 12.1. The van der Waals surface area contributed by atoms with Crippen molar-refractivity contribution in [2.45, 2.75) is 6.42 Å². The van der Waals surface area contributed by atoms with Gasteiger partial charge in [-0.25, -0.2) is 4.79 Å². The Morgan fingerprint density at radius 3 is 2.90 bits per heavy atom. The maximum atomic E-state index is 12.1. The van der Waals surface area contributed by atoms with Gasteiger partial charge < -0.3 is 9.47 Å². The number of rotatable bonds is 4. The molecule has 0 spiro atoms. The number of hydrogen-bond donors (Lipinski definition) is 0. The van der Waals surface area contributed by atoms with Gasteiger partial charge in [0.05, 0.1) is 18.8 Å². The molecule has 1 aliphatic heterocycles. The van der Waals surface area contributed by atoms with E-state index in [1.54, 1.807) is 0 Å². The molecule has 0 unspecified atom stereocenters. The fourth-order valence-electron chi connectivity index (χ4n) is 2.65. The number of nitrogens with zero attached hydrogens (tertiary/aromatic N) is 1. The number of carbonyl (C=O) groups is 1. The number of morpholine rings is 1. The summed E-state index contributed by atoms with van der Waals surface area (Å²) in [6.45, 7) is 4.60. The van der Waals surface area contributed by atoms with E-state index in [4.69, 9.17) is 9.47 Å². The average Bonchev–Trinajstić information content (AvgIpc) is 2.92. The first-order valence-corrected chi connectivity index (χ1v) is 7.10. The molecule has 4 heteroatoms. The molecule has 1 aromatic carbocycles. The molecule has 1 heterocycles. The minimum atomic E-state index is -0.205. The van der Waals surface area contributed by atoms with Gasteiger partial charge in [0.25, 0.3) is 0 Å². The number of benzene rings is 1. The van der Waals surface area contributed by atoms with E-state index in [2.05, 4.69) is 11.0 Å². The van der Waals surface area contributed by atoms with Gasteiger partial charge in [0, 0.05) is 19.6 Å². The number of esters is 1. The lowest BCUT2D eigenvalue weighted by atomic mass is 10.1. The van der Waals surface area contributed by atoms with Gasteiger partial charge in [-0.3, -0.25) is 4.90 Å². The SMILES string of the molecule is O=C(OCCN1CCOCC1)C1=CCc2ccccc21. The molecule has 0 aromatic heterocycles. The van der Waals surface area contributed by atoms with Crippen molar-refractivity contribution < 1.29 is 14.3 Å². The number of carbonyl (C=O) groups excluding carboxylic acids is 1. The molecule has 0 amide bonds. The van der Waals surface area contributed by atoms with E-state index < -0.39 is 0 Å². The van der Waals surface area contributed by atoms with Crippen LogP contribution in [0.15, 0.2) is 30.3 Å². The van der Waals surface area contributed by atoms with Crippen LogP contribution in [-0.2, 0) is 20.7 Å². The van der Waals surface area contributed by atoms with Gasteiger partial charge in [-0.1, -0.05) is 30.3 Å². The van der Waals surface area contributed by atoms with Crippen molar-refractivity contribution in [3.8, 4) is 0 Å². The summed E-state index contributed by atoms with van der Waals surface area (Å²) in [7, 11) is 0. The molecule has 0 bridgehead atoms. The Morgan fingerprint density at radius 2 is 2.05 bits per heavy atom. The lowest BCUT2D eigenvalue weighted by molar-refractivity contribution is -0.137. The second kappa shape index (κ2) is 6.20. The fraction of sp³-hybridized carbons (Fsp3) is 0.438. The average molecular weight is 273 g/mol. The highest BCUT2D eigenvalue weighted by Gasteiger charge is 2.21. The minimum absolute atomic E-state index is 0.205. The zero-order valence-electron chi connectivity index (χ0n) is 11.5. The van der Waals surface area contributed by atoms with Gasteiger partial charge in [-0.2, -0.15) is 0 Å². The van der Waals surface area contributed by atoms with Crippen molar-refractivity contribution in [3.63, 3.8) is 0 Å². The van der Waals surface area contributed by atoms with Crippen LogP contribution in [-0.4, -0.2) is 50.3 Å². The molecule has 106 valence electrons. The van der Waals surface area contributed by atoms with Crippen molar-refractivity contribution in [2.24, 2.45) is 0 Å². The predicted molar refractivity (Wildman–Crippen MR) is 76.3 cm³/mol. The number of fused-ring (bicyclic) bond motifs is 1. The van der Waals surface area contributed by atoms with Crippen LogP contribution in [0.1, 0.15) is 11.1 Å². The summed E-state index contributed by atoms with van der Waals surface area (Å²) in [5, 5.41) is 0. The smallest absolute Gasteiger partial charge is 0.338 e. The van der Waals surface area contributed by atoms with E-state index in [1.165, 1.54) is 5.56 Å². The first-order valence-electron chi connectivity index (χ1n) is 7.10. The van der Waals surface area contributed by atoms with Crippen LogP contribution >= 0.6 is 0 Å². The Labute approximate surface area is 119 Å². The minimum Gasteiger partial charge on any atom is -0.461 e. The zero-order chi connectivity index (χ0) is 13.8. The number of ether oxygens (including phenoxy) is 2. The van der Waals surface area contributed by atoms with Crippen LogP contribution in [0.2, 0.25) is 0 Å². The van der Waals surface area contributed by atoms with Crippen LogP contribution in [0.4, 0.5) is 0 Å². The lowest BCUT2D eigenvalue weighted by Crippen LogP contribution is -2.38. The van der Waals surface area contributed by atoms with Crippen molar-refractivity contribution in [1.29, 1.82) is 0 Å². The summed E-state index contributed by atoms with van der Waals surface area (Å²) in [6.07, 6.45) is 2.78. The van der Waals surface area contributed by atoms with Crippen LogP contribution in [0.3, 0.4) is 0 Å². The van der Waals surface area contributed by atoms with E-state index in [1.807, 2.05) is 24.3 Å². The monoisotopic (exact) mass is 273 g/mol. The first kappa shape index (κ1) is 13.3. The molecule has 1 aromatic rings. The Kier molecular flexibility index (Phi) is 4.14. The van der Waals surface area contributed by atoms with E-state index in [-0.39, 0.29) is 5.97 Å². The highest BCUT2D eigenvalue weighted by atomic mass is 16.5. The Morgan fingerprint density at radius 1 is 1.25 bits per heavy atom. The van der Waals surface area contributed by atoms with E-state index in [9.17, 15) is 4.79 Å². The lowest BCUT2D eigenvalue weighted by Gasteiger charge is -2.26. The molecule has 2 aliphatic rings. The van der Waals surface area contributed by atoms with Crippen molar-refractivity contribution >= 4 is 11.5 Å². The van der Waals surface area contributed by atoms with Gasteiger partial charge in [-0.15, -0.1) is 0 Å². The highest BCUT2D eigenvalue weighted by molar-refractivity contribution is 6.18. The van der Waals surface area contributed by atoms with Crippen molar-refractivity contribution in [3.05, 3.63) is 41.5 Å². The quantitative estimate of drug-likeness (QED) is 0.779. The van der Waals surface area contributed by atoms with Crippen LogP contribution in [0.5, 0.6) is 0 Å². The number of allylic oxidation sites excluding steroid dienone is 1. The van der Waals surface area contributed by atoms with Gasteiger partial charge in [0.15, 0.2) is 0 Å². The van der Waals surface area contributed by atoms with Gasteiger partial charge in [0.2, 0.25) is 0 Å². The van der Waals surface area contributed by atoms with Crippen LogP contribution < -0.4 is 0 Å². The van der Waals surface area contributed by atoms with E-state index in [0.29, 0.717) is 12.2 Å². The number of hydrogen-bond acceptors (Lipinski definition) is 4. The molecule has 4 nitrogen and oxygen atoms in total. The largest absolute Gasteiger partial charge is 0.461 e. The van der Waals surface area contributed by atoms with Crippen LogP contribution in [0.25, 0.3) is 5.57 Å². The standard InChI is InChI=1S/C16H19NO3/c18-16(20-12-9-17-7-10-19-11-8-17)15-6-5-13-3-1-2-4-14(13)15/h1-4,6H,5,7-12H2. The molecule has 1 fully saturated rings. The van der Waals surface area contributed by atoms with Gasteiger partial charge >= 0.3 is 5.97 Å². The van der Waals surface area contributed by atoms with Crippen molar-refractivity contribution in [1.82, 2.24) is 4.90 Å². The zero-order valence-corrected chi connectivity index (χ0v) is 11.5. The van der Waals surface area contributed by atoms with Gasteiger partial charge in [-0.05, 0) is 17.5 Å². The topological polar surface area (TPSA) is 38.8 Å². The summed E-state index contributed by atoms with van der Waals surface area (Å²) >= 11 is 0. The molecular weight excluding hydrogens is 254 g/mol. The summed E-state index contributed by atoms with van der Waals surface area (Å²) in [5.41, 5.74) is 2.93. The van der Waals surface area contributed by atoms with Crippen LogP contribution in [0, 0.1) is 0 Å². The third-order valence-corrected chi connectivity index (χ3v) is 3.80. The van der Waals surface area contributed by atoms with E-state index >= 15 is 0 Å². The van der Waals surface area contributed by atoms with Gasteiger partial charge in [0.1, 0.15) is 6.61 Å². The molecule has 0 N–H and O–H groups in total. The second-order valence-corrected chi connectivity index (χ2v) is 5.07. The second-order valence-electron chi connectivity index (χ2n) is 5.07. The molecular formula is C16H19NO3. The Balaban J connectivity index is 1.50. The molecule has 0 atom stereocenters. The highest BCUT2D eigenvalue weighted by Crippen LogP contribution is 2.27. The fourth-order valence-corrected chi connectivity index (χ4v) is 2.65. The van der Waals surface area contributed by atoms with Crippen molar-refractivity contribution in [2.75, 3.05) is 39.5 Å². The summed E-state index contributed by atoms with van der Waals surface area (Å²) in [4.78, 5) is 14.4. The van der Waals surface area contributed by atoms with E-state index in [0.717, 1.165) is 44.8 Å². The predicted octanol–water partition coefficient (Wildman–Crippen LogP) is 1.50. The Hall–Kier alpha value is -1.65. The molecule has 20 heavy (non-hydrogen) atoms. The molecule has 0 radical (unpaired) electrons. The first-order chi connectivity index (χ1) is 9.84. The normalized spacial score (nSPS) is 18.5. The summed E-state index contributed by atoms with van der Waals surface area (Å²) in [5.74, 6) is -0.205. The Bertz CT molecular complexity index is 518. The molecule has 1 aliphatic carbocycles. The summed E-state index contributed by atoms with van der Waals surface area (Å²) < 4.78 is 10.7. The molecule has 1 saturated heterocycles. The molecule has 3 rings (SSSR count). The molecule has 0 saturated carbocycles. The maximum Gasteiger partial charge on any atom is 0.338 e. The third-order valence-electron chi connectivity index (χ3n) is 3.80. The summed E-state index contributed by atoms with van der Waals surface area (Å²) in [6, 6.07) is 8.00. The third kappa shape index (κ3) is 2.92.